The predicted octanol–water partition coefficient (Wildman–Crippen LogP) is 3.96. The molecule has 1 fully saturated rings. The van der Waals surface area contributed by atoms with E-state index in [2.05, 4.69) is 82.6 Å². The monoisotopic (exact) mass is 415 g/mol. The Morgan fingerprint density at radius 3 is 1.81 bits per heavy atom. The van der Waals surface area contributed by atoms with Crippen LogP contribution in [0.2, 0.25) is 0 Å². The molecule has 1 heterocycles. The molecule has 3 aromatic rings. The Hall–Kier alpha value is -3.15. The molecule has 0 radical (unpaired) electrons. The Labute approximate surface area is 184 Å². The standard InChI is InChI=1S/C26H29N3O2/c27-25(30)20-31-24-14-12-23(13-15-24)26-28(18-21-8-3-1-4-9-21)16-7-17-29(26)19-22-10-5-2-6-11-22/h1-6,8-15,26H,7,16-20H2,(H2,27,30). The van der Waals surface area contributed by atoms with Crippen LogP contribution in [0.3, 0.4) is 0 Å². The summed E-state index contributed by atoms with van der Waals surface area (Å²) in [5.41, 5.74) is 9.04. The van der Waals surface area contributed by atoms with Crippen LogP contribution in [-0.2, 0) is 17.9 Å². The number of primary amides is 1. The number of carbonyl (C=O) groups is 1. The molecular formula is C26H29N3O2. The minimum atomic E-state index is -0.473. The highest BCUT2D eigenvalue weighted by Crippen LogP contribution is 2.33. The van der Waals surface area contributed by atoms with E-state index in [0.29, 0.717) is 5.75 Å². The number of hydrogen-bond donors (Lipinski definition) is 1. The summed E-state index contributed by atoms with van der Waals surface area (Å²) in [6.07, 6.45) is 1.30. The van der Waals surface area contributed by atoms with E-state index in [0.717, 1.165) is 32.6 Å². The van der Waals surface area contributed by atoms with Gasteiger partial charge in [0.25, 0.3) is 5.91 Å². The summed E-state index contributed by atoms with van der Waals surface area (Å²) in [7, 11) is 0. The average molecular weight is 416 g/mol. The van der Waals surface area contributed by atoms with E-state index in [9.17, 15) is 4.79 Å². The summed E-state index contributed by atoms with van der Waals surface area (Å²) in [6.45, 7) is 3.78. The maximum atomic E-state index is 11.0. The van der Waals surface area contributed by atoms with Crippen molar-refractivity contribution in [3.63, 3.8) is 0 Å². The van der Waals surface area contributed by atoms with Gasteiger partial charge in [-0.2, -0.15) is 0 Å². The summed E-state index contributed by atoms with van der Waals surface area (Å²) in [4.78, 5) is 16.1. The van der Waals surface area contributed by atoms with Crippen LogP contribution in [-0.4, -0.2) is 35.4 Å². The highest BCUT2D eigenvalue weighted by atomic mass is 16.5. The van der Waals surface area contributed by atoms with Crippen molar-refractivity contribution in [3.8, 4) is 5.75 Å². The summed E-state index contributed by atoms with van der Waals surface area (Å²) in [5, 5.41) is 0. The molecule has 2 N–H and O–H groups in total. The third-order valence-electron chi connectivity index (χ3n) is 5.60. The summed E-state index contributed by atoms with van der Waals surface area (Å²) < 4.78 is 5.45. The first-order chi connectivity index (χ1) is 15.2. The van der Waals surface area contributed by atoms with Crippen LogP contribution in [0.15, 0.2) is 84.9 Å². The molecule has 0 aromatic heterocycles. The number of hydrogen-bond acceptors (Lipinski definition) is 4. The first-order valence-corrected chi connectivity index (χ1v) is 10.8. The molecule has 0 saturated carbocycles. The highest BCUT2D eigenvalue weighted by Gasteiger charge is 2.30. The molecular weight excluding hydrogens is 386 g/mol. The number of carbonyl (C=O) groups excluding carboxylic acids is 1. The number of ether oxygens (including phenoxy) is 1. The van der Waals surface area contributed by atoms with Gasteiger partial charge in [-0.1, -0.05) is 72.8 Å². The van der Waals surface area contributed by atoms with Crippen LogP contribution in [0.5, 0.6) is 5.75 Å². The van der Waals surface area contributed by atoms with Crippen LogP contribution in [0.1, 0.15) is 29.3 Å². The molecule has 0 unspecified atom stereocenters. The molecule has 0 bridgehead atoms. The van der Waals surface area contributed by atoms with Crippen LogP contribution >= 0.6 is 0 Å². The van der Waals surface area contributed by atoms with Gasteiger partial charge < -0.3 is 10.5 Å². The van der Waals surface area contributed by atoms with Gasteiger partial charge in [0, 0.05) is 26.2 Å². The minimum Gasteiger partial charge on any atom is -0.484 e. The molecule has 5 heteroatoms. The van der Waals surface area contributed by atoms with Crippen molar-refractivity contribution in [2.45, 2.75) is 25.7 Å². The predicted molar refractivity (Wildman–Crippen MR) is 122 cm³/mol. The molecule has 1 saturated heterocycles. The van der Waals surface area contributed by atoms with Crippen LogP contribution in [0.4, 0.5) is 0 Å². The van der Waals surface area contributed by atoms with Gasteiger partial charge in [-0.05, 0) is 35.2 Å². The lowest BCUT2D eigenvalue weighted by Gasteiger charge is -2.44. The second-order valence-electron chi connectivity index (χ2n) is 7.96. The third kappa shape index (κ3) is 5.72. The molecule has 4 rings (SSSR count). The van der Waals surface area contributed by atoms with Crippen LogP contribution in [0.25, 0.3) is 0 Å². The molecule has 5 nitrogen and oxygen atoms in total. The van der Waals surface area contributed by atoms with E-state index >= 15 is 0 Å². The maximum Gasteiger partial charge on any atom is 0.255 e. The van der Waals surface area contributed by atoms with Crippen molar-refractivity contribution >= 4 is 5.91 Å². The largest absolute Gasteiger partial charge is 0.484 e. The van der Waals surface area contributed by atoms with E-state index in [4.69, 9.17) is 10.5 Å². The maximum absolute atomic E-state index is 11.0. The van der Waals surface area contributed by atoms with Crippen LogP contribution in [0, 0.1) is 0 Å². The zero-order chi connectivity index (χ0) is 21.5. The number of rotatable bonds is 8. The number of nitrogens with zero attached hydrogens (tertiary/aromatic N) is 2. The van der Waals surface area contributed by atoms with Gasteiger partial charge in [0.05, 0.1) is 6.17 Å². The molecule has 31 heavy (non-hydrogen) atoms. The first kappa shape index (κ1) is 21.1. The summed E-state index contributed by atoms with van der Waals surface area (Å²) in [6, 6.07) is 29.3. The highest BCUT2D eigenvalue weighted by molar-refractivity contribution is 5.75. The Bertz CT molecular complexity index is 911. The van der Waals surface area contributed by atoms with Crippen molar-refractivity contribution in [1.29, 1.82) is 0 Å². The van der Waals surface area contributed by atoms with Crippen molar-refractivity contribution < 1.29 is 9.53 Å². The summed E-state index contributed by atoms with van der Waals surface area (Å²) in [5.74, 6) is 0.182. The normalized spacial score (nSPS) is 15.6. The fourth-order valence-corrected chi connectivity index (χ4v) is 4.23. The van der Waals surface area contributed by atoms with E-state index in [-0.39, 0.29) is 12.8 Å². The van der Waals surface area contributed by atoms with Crippen LogP contribution < -0.4 is 10.5 Å². The van der Waals surface area contributed by atoms with E-state index < -0.39 is 5.91 Å². The molecule has 160 valence electrons. The van der Waals surface area contributed by atoms with Crippen molar-refractivity contribution in [1.82, 2.24) is 9.80 Å². The Morgan fingerprint density at radius 2 is 1.32 bits per heavy atom. The Morgan fingerprint density at radius 1 is 0.806 bits per heavy atom. The Kier molecular flexibility index (Phi) is 6.97. The van der Waals surface area contributed by atoms with Gasteiger partial charge in [-0.25, -0.2) is 0 Å². The fourth-order valence-electron chi connectivity index (χ4n) is 4.23. The number of nitrogens with two attached hydrogens (primary N) is 1. The smallest absolute Gasteiger partial charge is 0.255 e. The molecule has 3 aromatic carbocycles. The van der Waals surface area contributed by atoms with Gasteiger partial charge in [0.2, 0.25) is 0 Å². The average Bonchev–Trinajstić information content (AvgIpc) is 2.80. The van der Waals surface area contributed by atoms with Crippen molar-refractivity contribution in [3.05, 3.63) is 102 Å². The lowest BCUT2D eigenvalue weighted by Crippen LogP contribution is -2.46. The third-order valence-corrected chi connectivity index (χ3v) is 5.60. The SMILES string of the molecule is NC(=O)COc1ccc(C2N(Cc3ccccc3)CCCN2Cc2ccccc2)cc1. The van der Waals surface area contributed by atoms with E-state index in [1.54, 1.807) is 0 Å². The lowest BCUT2D eigenvalue weighted by molar-refractivity contribution is -0.119. The molecule has 1 amide bonds. The van der Waals surface area contributed by atoms with Crippen molar-refractivity contribution in [2.24, 2.45) is 5.73 Å². The topological polar surface area (TPSA) is 58.8 Å². The van der Waals surface area contributed by atoms with Gasteiger partial charge in [-0.3, -0.25) is 14.6 Å². The number of benzene rings is 3. The number of amides is 1. The molecule has 1 aliphatic rings. The fraction of sp³-hybridized carbons (Fsp3) is 0.269. The van der Waals surface area contributed by atoms with E-state index in [1.165, 1.54) is 16.7 Å². The van der Waals surface area contributed by atoms with E-state index in [1.807, 2.05) is 12.1 Å². The molecule has 0 aliphatic carbocycles. The molecule has 0 spiro atoms. The van der Waals surface area contributed by atoms with Gasteiger partial charge in [0.15, 0.2) is 6.61 Å². The lowest BCUT2D eigenvalue weighted by atomic mass is 10.0. The molecule has 1 aliphatic heterocycles. The minimum absolute atomic E-state index is 0.108. The van der Waals surface area contributed by atoms with Gasteiger partial charge >= 0.3 is 0 Å². The van der Waals surface area contributed by atoms with Crippen molar-refractivity contribution in [2.75, 3.05) is 19.7 Å². The molecule has 0 atom stereocenters. The van der Waals surface area contributed by atoms with Gasteiger partial charge in [-0.15, -0.1) is 0 Å². The Balaban J connectivity index is 1.59. The second kappa shape index (κ2) is 10.2. The summed E-state index contributed by atoms with van der Waals surface area (Å²) >= 11 is 0. The quantitative estimate of drug-likeness (QED) is 0.605. The zero-order valence-electron chi connectivity index (χ0n) is 17.7. The zero-order valence-corrected chi connectivity index (χ0v) is 17.7. The van der Waals surface area contributed by atoms with Gasteiger partial charge in [0.1, 0.15) is 5.75 Å². The first-order valence-electron chi connectivity index (χ1n) is 10.8. The second-order valence-corrected chi connectivity index (χ2v) is 7.96.